The lowest BCUT2D eigenvalue weighted by molar-refractivity contribution is 0.0206. The van der Waals surface area contributed by atoms with Crippen LogP contribution in [-0.2, 0) is 13.1 Å². The smallest absolute Gasteiger partial charge is 0.141 e. The largest absolute Gasteiger partial charge is 0.311 e. The van der Waals surface area contributed by atoms with Crippen LogP contribution in [0.3, 0.4) is 0 Å². The average Bonchev–Trinajstić information content (AvgIpc) is 2.95. The number of nitrogens with zero attached hydrogens (tertiary/aromatic N) is 4. The summed E-state index contributed by atoms with van der Waals surface area (Å²) in [6, 6.07) is 0.596. The lowest BCUT2D eigenvalue weighted by Gasteiger charge is -2.49. The standard InChI is InChI=1S/C16H31N5/c1-5-9-21-15(18-13-19-21)11-20-10-14(6-2)17-12-16(20,7-3)8-4/h13-14,17H,5-12H2,1-4H3. The van der Waals surface area contributed by atoms with Crippen LogP contribution in [0, 0.1) is 0 Å². The first-order valence-corrected chi connectivity index (χ1v) is 8.54. The highest BCUT2D eigenvalue weighted by Crippen LogP contribution is 2.28. The van der Waals surface area contributed by atoms with Gasteiger partial charge >= 0.3 is 0 Å². The fraction of sp³-hybridized carbons (Fsp3) is 0.875. The number of aryl methyl sites for hydroxylation is 1. The summed E-state index contributed by atoms with van der Waals surface area (Å²) in [5.41, 5.74) is 0.259. The van der Waals surface area contributed by atoms with E-state index >= 15 is 0 Å². The van der Waals surface area contributed by atoms with E-state index in [-0.39, 0.29) is 5.54 Å². The fourth-order valence-electron chi connectivity index (χ4n) is 3.40. The molecule has 1 N–H and O–H groups in total. The van der Waals surface area contributed by atoms with Crippen LogP contribution in [0.25, 0.3) is 0 Å². The molecule has 1 atom stereocenters. The Labute approximate surface area is 129 Å². The molecular formula is C16H31N5. The third-order valence-electron chi connectivity index (χ3n) is 5.10. The molecule has 0 radical (unpaired) electrons. The minimum absolute atomic E-state index is 0.259. The predicted molar refractivity (Wildman–Crippen MR) is 86.1 cm³/mol. The Morgan fingerprint density at radius 1 is 1.29 bits per heavy atom. The van der Waals surface area contributed by atoms with Gasteiger partial charge in [-0.15, -0.1) is 0 Å². The molecule has 1 unspecified atom stereocenters. The molecule has 0 bridgehead atoms. The van der Waals surface area contributed by atoms with E-state index in [1.165, 1.54) is 19.3 Å². The van der Waals surface area contributed by atoms with Crippen LogP contribution in [0.4, 0.5) is 0 Å². The molecule has 1 aromatic rings. The lowest BCUT2D eigenvalue weighted by Crippen LogP contribution is -2.63. The van der Waals surface area contributed by atoms with E-state index in [0.29, 0.717) is 6.04 Å². The van der Waals surface area contributed by atoms with E-state index in [9.17, 15) is 0 Å². The van der Waals surface area contributed by atoms with Gasteiger partial charge in [-0.25, -0.2) is 9.67 Å². The van der Waals surface area contributed by atoms with Crippen LogP contribution in [0.2, 0.25) is 0 Å². The normalized spacial score (nSPS) is 22.6. The number of rotatable bonds is 7. The fourth-order valence-corrected chi connectivity index (χ4v) is 3.40. The third kappa shape index (κ3) is 3.46. The van der Waals surface area contributed by atoms with Gasteiger partial charge in [0.1, 0.15) is 12.2 Å². The van der Waals surface area contributed by atoms with Gasteiger partial charge in [-0.05, 0) is 25.7 Å². The Kier molecular flexibility index (Phi) is 5.76. The van der Waals surface area contributed by atoms with Gasteiger partial charge in [-0.3, -0.25) is 4.90 Å². The van der Waals surface area contributed by atoms with Crippen LogP contribution >= 0.6 is 0 Å². The van der Waals surface area contributed by atoms with Crippen molar-refractivity contribution in [3.05, 3.63) is 12.2 Å². The summed E-state index contributed by atoms with van der Waals surface area (Å²) in [5.74, 6) is 1.11. The Hall–Kier alpha value is -0.940. The molecule has 2 rings (SSSR count). The molecule has 0 spiro atoms. The average molecular weight is 293 g/mol. The first kappa shape index (κ1) is 16.4. The first-order chi connectivity index (χ1) is 10.2. The van der Waals surface area contributed by atoms with Crippen molar-refractivity contribution >= 4 is 0 Å². The molecule has 1 aliphatic rings. The van der Waals surface area contributed by atoms with Gasteiger partial charge < -0.3 is 5.32 Å². The van der Waals surface area contributed by atoms with Gasteiger partial charge in [-0.2, -0.15) is 5.10 Å². The first-order valence-electron chi connectivity index (χ1n) is 8.54. The van der Waals surface area contributed by atoms with E-state index in [1.807, 2.05) is 0 Å². The third-order valence-corrected chi connectivity index (χ3v) is 5.10. The molecule has 5 heteroatoms. The molecule has 0 amide bonds. The van der Waals surface area contributed by atoms with E-state index in [1.54, 1.807) is 6.33 Å². The maximum atomic E-state index is 4.50. The maximum Gasteiger partial charge on any atom is 0.141 e. The molecule has 5 nitrogen and oxygen atoms in total. The summed E-state index contributed by atoms with van der Waals surface area (Å²) < 4.78 is 2.07. The Bertz CT molecular complexity index is 424. The van der Waals surface area contributed by atoms with Crippen molar-refractivity contribution in [1.82, 2.24) is 25.0 Å². The zero-order valence-corrected chi connectivity index (χ0v) is 14.1. The van der Waals surface area contributed by atoms with Gasteiger partial charge in [0.15, 0.2) is 0 Å². The van der Waals surface area contributed by atoms with Crippen molar-refractivity contribution in [2.75, 3.05) is 13.1 Å². The predicted octanol–water partition coefficient (Wildman–Crippen LogP) is 2.43. The van der Waals surface area contributed by atoms with Crippen molar-refractivity contribution in [3.8, 4) is 0 Å². The number of hydrogen-bond donors (Lipinski definition) is 1. The van der Waals surface area contributed by atoms with Gasteiger partial charge in [0.25, 0.3) is 0 Å². The second-order valence-electron chi connectivity index (χ2n) is 6.20. The molecule has 1 saturated heterocycles. The minimum Gasteiger partial charge on any atom is -0.311 e. The second kappa shape index (κ2) is 7.36. The summed E-state index contributed by atoms with van der Waals surface area (Å²) in [4.78, 5) is 7.15. The lowest BCUT2D eigenvalue weighted by atomic mass is 9.87. The molecule has 21 heavy (non-hydrogen) atoms. The molecule has 120 valence electrons. The van der Waals surface area contributed by atoms with Gasteiger partial charge in [0, 0.05) is 31.2 Å². The highest BCUT2D eigenvalue weighted by atomic mass is 15.4. The summed E-state index contributed by atoms with van der Waals surface area (Å²) in [5, 5.41) is 8.10. The van der Waals surface area contributed by atoms with E-state index in [4.69, 9.17) is 0 Å². The monoisotopic (exact) mass is 293 g/mol. The molecular weight excluding hydrogens is 262 g/mol. The Balaban J connectivity index is 2.17. The number of hydrogen-bond acceptors (Lipinski definition) is 4. The van der Waals surface area contributed by atoms with Crippen LogP contribution in [0.15, 0.2) is 6.33 Å². The highest BCUT2D eigenvalue weighted by Gasteiger charge is 2.38. The van der Waals surface area contributed by atoms with Crippen LogP contribution < -0.4 is 5.32 Å². The molecule has 0 aromatic carbocycles. The topological polar surface area (TPSA) is 46.0 Å². The van der Waals surface area contributed by atoms with Gasteiger partial charge in [-0.1, -0.05) is 27.7 Å². The molecule has 1 fully saturated rings. The van der Waals surface area contributed by atoms with Crippen molar-refractivity contribution in [3.63, 3.8) is 0 Å². The summed E-state index contributed by atoms with van der Waals surface area (Å²) in [6.45, 7) is 13.1. The quantitative estimate of drug-likeness (QED) is 0.839. The van der Waals surface area contributed by atoms with Crippen molar-refractivity contribution < 1.29 is 0 Å². The molecule has 0 aliphatic carbocycles. The highest BCUT2D eigenvalue weighted by molar-refractivity contribution is 4.99. The summed E-state index contributed by atoms with van der Waals surface area (Å²) in [6.07, 6.45) is 6.33. The zero-order chi connectivity index (χ0) is 15.3. The van der Waals surface area contributed by atoms with Crippen LogP contribution in [0.5, 0.6) is 0 Å². The number of piperazine rings is 1. The van der Waals surface area contributed by atoms with Gasteiger partial charge in [0.2, 0.25) is 0 Å². The molecule has 0 saturated carbocycles. The minimum atomic E-state index is 0.259. The number of aromatic nitrogens is 3. The van der Waals surface area contributed by atoms with Crippen molar-refractivity contribution in [2.24, 2.45) is 0 Å². The van der Waals surface area contributed by atoms with E-state index < -0.39 is 0 Å². The van der Waals surface area contributed by atoms with Crippen molar-refractivity contribution in [1.29, 1.82) is 0 Å². The van der Waals surface area contributed by atoms with Gasteiger partial charge in [0.05, 0.1) is 6.54 Å². The zero-order valence-electron chi connectivity index (χ0n) is 14.1. The second-order valence-corrected chi connectivity index (χ2v) is 6.20. The molecule has 1 aliphatic heterocycles. The SMILES string of the molecule is CCCn1ncnc1CN1CC(CC)NCC1(CC)CC. The maximum absolute atomic E-state index is 4.50. The Morgan fingerprint density at radius 2 is 2.05 bits per heavy atom. The van der Waals surface area contributed by atoms with Crippen molar-refractivity contribution in [2.45, 2.75) is 78.0 Å². The molecule has 1 aromatic heterocycles. The van der Waals surface area contributed by atoms with Crippen LogP contribution in [-0.4, -0.2) is 44.3 Å². The summed E-state index contributed by atoms with van der Waals surface area (Å²) in [7, 11) is 0. The number of nitrogens with one attached hydrogen (secondary N) is 1. The Morgan fingerprint density at radius 3 is 2.67 bits per heavy atom. The van der Waals surface area contributed by atoms with Crippen LogP contribution in [0.1, 0.15) is 59.2 Å². The van der Waals surface area contributed by atoms with E-state index in [2.05, 4.69) is 52.7 Å². The summed E-state index contributed by atoms with van der Waals surface area (Å²) >= 11 is 0. The molecule has 2 heterocycles. The van der Waals surface area contributed by atoms with E-state index in [0.717, 1.165) is 38.4 Å².